The molecule has 5 heteroatoms. The van der Waals surface area contributed by atoms with Crippen molar-refractivity contribution in [3.8, 4) is 22.4 Å². The zero-order valence-electron chi connectivity index (χ0n) is 19.5. The van der Waals surface area contributed by atoms with Gasteiger partial charge in [0.25, 0.3) is 0 Å². The number of nitrogens with zero attached hydrogens (tertiary/aromatic N) is 4. The van der Waals surface area contributed by atoms with Crippen molar-refractivity contribution >= 4 is 16.6 Å². The molecule has 2 aromatic heterocycles. The quantitative estimate of drug-likeness (QED) is 0.384. The Bertz CT molecular complexity index is 1440. The predicted molar refractivity (Wildman–Crippen MR) is 142 cm³/mol. The Morgan fingerprint density at radius 2 is 1.57 bits per heavy atom. The van der Waals surface area contributed by atoms with E-state index in [-0.39, 0.29) is 0 Å². The minimum atomic E-state index is 0.373. The number of anilines is 1. The fourth-order valence-electron chi connectivity index (χ4n) is 4.91. The molecule has 1 atom stereocenters. The van der Waals surface area contributed by atoms with Crippen LogP contribution in [0.1, 0.15) is 5.56 Å². The molecular weight excluding hydrogens is 430 g/mol. The summed E-state index contributed by atoms with van der Waals surface area (Å²) in [7, 11) is 0. The number of rotatable bonds is 5. The van der Waals surface area contributed by atoms with Crippen molar-refractivity contribution < 1.29 is 0 Å². The van der Waals surface area contributed by atoms with Gasteiger partial charge in [0.2, 0.25) is 0 Å². The first kappa shape index (κ1) is 21.4. The molecular formula is C30H27N5. The number of aromatic nitrogens is 3. The van der Waals surface area contributed by atoms with Crippen molar-refractivity contribution in [3.05, 3.63) is 109 Å². The summed E-state index contributed by atoms with van der Waals surface area (Å²) in [5, 5.41) is 15.6. The van der Waals surface area contributed by atoms with E-state index >= 15 is 0 Å². The lowest BCUT2D eigenvalue weighted by atomic mass is 9.98. The summed E-state index contributed by atoms with van der Waals surface area (Å²) in [6.45, 7) is 2.73. The van der Waals surface area contributed by atoms with Crippen LogP contribution in [-0.4, -0.2) is 40.9 Å². The largest absolute Gasteiger partial charge is 0.352 e. The van der Waals surface area contributed by atoms with Crippen LogP contribution in [0.25, 0.3) is 33.2 Å². The van der Waals surface area contributed by atoms with E-state index in [1.807, 2.05) is 24.5 Å². The first-order valence-electron chi connectivity index (χ1n) is 12.1. The Labute approximate surface area is 205 Å². The number of fused-ring (bicyclic) bond motifs is 1. The minimum absolute atomic E-state index is 0.373. The van der Waals surface area contributed by atoms with Gasteiger partial charge in [-0.3, -0.25) is 4.98 Å². The molecule has 35 heavy (non-hydrogen) atoms. The Balaban J connectivity index is 1.35. The third-order valence-electron chi connectivity index (χ3n) is 6.70. The lowest BCUT2D eigenvalue weighted by Crippen LogP contribution is -2.52. The van der Waals surface area contributed by atoms with Gasteiger partial charge in [0.05, 0.1) is 0 Å². The van der Waals surface area contributed by atoms with E-state index in [2.05, 4.69) is 94.1 Å². The normalized spacial score (nSPS) is 15.9. The van der Waals surface area contributed by atoms with Crippen molar-refractivity contribution in [2.45, 2.75) is 12.5 Å². The molecule has 3 heterocycles. The topological polar surface area (TPSA) is 53.9 Å². The molecule has 1 saturated heterocycles. The second kappa shape index (κ2) is 9.65. The Morgan fingerprint density at radius 3 is 2.43 bits per heavy atom. The molecule has 5 aromatic rings. The van der Waals surface area contributed by atoms with Gasteiger partial charge in [0.1, 0.15) is 5.69 Å². The molecule has 1 aliphatic rings. The average Bonchev–Trinajstić information content (AvgIpc) is 2.94. The molecule has 0 aliphatic carbocycles. The highest BCUT2D eigenvalue weighted by Crippen LogP contribution is 2.33. The maximum Gasteiger partial charge on any atom is 0.151 e. The monoisotopic (exact) mass is 457 g/mol. The molecule has 1 N–H and O–H groups in total. The molecule has 0 spiro atoms. The highest BCUT2D eigenvalue weighted by molar-refractivity contribution is 5.90. The second-order valence-electron chi connectivity index (χ2n) is 9.05. The van der Waals surface area contributed by atoms with Crippen molar-refractivity contribution in [1.82, 2.24) is 20.5 Å². The summed E-state index contributed by atoms with van der Waals surface area (Å²) in [5.41, 5.74) is 5.47. The molecule has 0 saturated carbocycles. The number of nitrogens with one attached hydrogen (secondary N) is 1. The van der Waals surface area contributed by atoms with Crippen molar-refractivity contribution in [2.75, 3.05) is 24.5 Å². The van der Waals surface area contributed by atoms with E-state index in [4.69, 9.17) is 10.2 Å². The molecule has 1 fully saturated rings. The van der Waals surface area contributed by atoms with Crippen LogP contribution in [0, 0.1) is 0 Å². The van der Waals surface area contributed by atoms with Crippen molar-refractivity contribution in [1.29, 1.82) is 0 Å². The highest BCUT2D eigenvalue weighted by atomic mass is 15.3. The molecule has 3 aromatic carbocycles. The average molecular weight is 458 g/mol. The third kappa shape index (κ3) is 4.63. The van der Waals surface area contributed by atoms with Crippen LogP contribution in [0.5, 0.6) is 0 Å². The lowest BCUT2D eigenvalue weighted by molar-refractivity contribution is 0.452. The zero-order chi connectivity index (χ0) is 23.5. The molecule has 0 amide bonds. The summed E-state index contributed by atoms with van der Waals surface area (Å²) < 4.78 is 0. The molecule has 0 bridgehead atoms. The van der Waals surface area contributed by atoms with E-state index in [1.165, 1.54) is 16.3 Å². The summed E-state index contributed by atoms with van der Waals surface area (Å²) in [5.74, 6) is 0.918. The molecule has 172 valence electrons. The third-order valence-corrected chi connectivity index (χ3v) is 6.70. The summed E-state index contributed by atoms with van der Waals surface area (Å²) >= 11 is 0. The second-order valence-corrected chi connectivity index (χ2v) is 9.05. The molecule has 6 rings (SSSR count). The molecule has 0 unspecified atom stereocenters. The van der Waals surface area contributed by atoms with Crippen LogP contribution in [0.3, 0.4) is 0 Å². The maximum atomic E-state index is 4.78. The maximum absolute atomic E-state index is 4.78. The predicted octanol–water partition coefficient (Wildman–Crippen LogP) is 5.38. The van der Waals surface area contributed by atoms with Gasteiger partial charge in [0, 0.05) is 49.2 Å². The summed E-state index contributed by atoms with van der Waals surface area (Å²) in [6, 6.07) is 32.2. The Kier molecular flexibility index (Phi) is 5.91. The van der Waals surface area contributed by atoms with E-state index in [9.17, 15) is 0 Å². The number of hydrogen-bond donors (Lipinski definition) is 1. The van der Waals surface area contributed by atoms with Crippen LogP contribution < -0.4 is 10.2 Å². The van der Waals surface area contributed by atoms with Crippen LogP contribution in [0.4, 0.5) is 5.82 Å². The molecule has 5 nitrogen and oxygen atoms in total. The minimum Gasteiger partial charge on any atom is -0.352 e. The van der Waals surface area contributed by atoms with E-state index in [0.29, 0.717) is 6.04 Å². The van der Waals surface area contributed by atoms with Gasteiger partial charge in [-0.25, -0.2) is 0 Å². The van der Waals surface area contributed by atoms with E-state index < -0.39 is 0 Å². The van der Waals surface area contributed by atoms with Crippen LogP contribution in [-0.2, 0) is 6.42 Å². The van der Waals surface area contributed by atoms with Crippen LogP contribution >= 0.6 is 0 Å². The number of pyridine rings is 1. The lowest BCUT2D eigenvalue weighted by Gasteiger charge is -2.34. The van der Waals surface area contributed by atoms with Gasteiger partial charge in [-0.15, -0.1) is 10.2 Å². The van der Waals surface area contributed by atoms with Crippen molar-refractivity contribution in [2.24, 2.45) is 0 Å². The van der Waals surface area contributed by atoms with Gasteiger partial charge in [-0.1, -0.05) is 66.7 Å². The van der Waals surface area contributed by atoms with Gasteiger partial charge in [0.15, 0.2) is 5.82 Å². The van der Waals surface area contributed by atoms with Gasteiger partial charge in [-0.2, -0.15) is 0 Å². The summed E-state index contributed by atoms with van der Waals surface area (Å²) in [4.78, 5) is 6.57. The smallest absolute Gasteiger partial charge is 0.151 e. The first-order chi connectivity index (χ1) is 17.3. The number of hydrogen-bond acceptors (Lipinski definition) is 5. The summed E-state index contributed by atoms with van der Waals surface area (Å²) in [6.07, 6.45) is 4.66. The van der Waals surface area contributed by atoms with Gasteiger partial charge in [-0.05, 0) is 52.6 Å². The standard InChI is InChI=1S/C30H27N5/c1-2-6-22(7-3-1)18-27-21-35(17-16-32-27)29-20-28(24-12-14-31-15-13-24)30(34-33-29)26-11-10-23-8-4-5-9-25(23)19-26/h1-15,19-20,27,32H,16-18,21H2/t27-/m0/s1. The van der Waals surface area contributed by atoms with Crippen LogP contribution in [0.2, 0.25) is 0 Å². The Hall–Kier alpha value is -4.09. The number of benzene rings is 3. The zero-order valence-corrected chi connectivity index (χ0v) is 19.5. The fraction of sp³-hybridized carbons (Fsp3) is 0.167. The highest BCUT2D eigenvalue weighted by Gasteiger charge is 2.22. The molecule has 1 aliphatic heterocycles. The van der Waals surface area contributed by atoms with Crippen molar-refractivity contribution in [3.63, 3.8) is 0 Å². The number of piperazine rings is 1. The molecule has 0 radical (unpaired) electrons. The van der Waals surface area contributed by atoms with Crippen LogP contribution in [0.15, 0.2) is 103 Å². The SMILES string of the molecule is c1ccc(C[C@H]2CN(c3cc(-c4ccncc4)c(-c4ccc5ccccc5c4)nn3)CCN2)cc1. The van der Waals surface area contributed by atoms with E-state index in [0.717, 1.165) is 54.3 Å². The Morgan fingerprint density at radius 1 is 0.771 bits per heavy atom. The first-order valence-corrected chi connectivity index (χ1v) is 12.1. The van der Waals surface area contributed by atoms with Gasteiger partial charge >= 0.3 is 0 Å². The fourth-order valence-corrected chi connectivity index (χ4v) is 4.91. The van der Waals surface area contributed by atoms with Gasteiger partial charge < -0.3 is 10.2 Å². The van der Waals surface area contributed by atoms with E-state index in [1.54, 1.807) is 0 Å².